The summed E-state index contributed by atoms with van der Waals surface area (Å²) < 4.78 is 352. The minimum atomic E-state index is -8.56. The van der Waals surface area contributed by atoms with Gasteiger partial charge < -0.3 is 0 Å². The molecule has 44 heavy (non-hydrogen) atoms. The van der Waals surface area contributed by atoms with Crippen molar-refractivity contribution in [3.63, 3.8) is 0 Å². The van der Waals surface area contributed by atoms with Gasteiger partial charge in [-0.2, -0.15) is 119 Å². The minimum Gasteiger partial charge on any atom is -0.243 e. The smallest absolute Gasteiger partial charge is 0.243 e. The van der Waals surface area contributed by atoms with E-state index in [4.69, 9.17) is 0 Å². The van der Waals surface area contributed by atoms with Crippen molar-refractivity contribution in [1.29, 1.82) is 0 Å². The Morgan fingerprint density at radius 1 is 0.250 bits per heavy atom. The van der Waals surface area contributed by atoms with Crippen LogP contribution in [0.3, 0.4) is 0 Å². The van der Waals surface area contributed by atoms with Gasteiger partial charge in [0.05, 0.1) is 0 Å². The Balaban J connectivity index is 6.52. The van der Waals surface area contributed by atoms with Crippen molar-refractivity contribution in [2.75, 3.05) is 0 Å². The highest BCUT2D eigenvalue weighted by atomic mass is 19.4. The number of hydrogen-bond acceptors (Lipinski definition) is 3. The third-order valence-electron chi connectivity index (χ3n) is 4.27. The van der Waals surface area contributed by atoms with Crippen molar-refractivity contribution in [3.8, 4) is 0 Å². The zero-order valence-corrected chi connectivity index (χ0v) is 18.9. The molecule has 0 aliphatic carbocycles. The first-order valence-corrected chi connectivity index (χ1v) is 9.08. The van der Waals surface area contributed by atoms with E-state index in [1.165, 1.54) is 0 Å². The Morgan fingerprint density at radius 2 is 0.455 bits per heavy atom. The summed E-state index contributed by atoms with van der Waals surface area (Å²) in [6.07, 6.45) is -58.0. The summed E-state index contributed by atoms with van der Waals surface area (Å²) in [5.74, 6) is -47.9. The number of ether oxygens (including phenoxy) is 3. The van der Waals surface area contributed by atoms with Crippen molar-refractivity contribution in [2.45, 2.75) is 85.3 Å². The molecule has 0 heterocycles. The predicted octanol–water partition coefficient (Wildman–Crippen LogP) is 8.99. The van der Waals surface area contributed by atoms with Crippen LogP contribution in [0.1, 0.15) is 6.92 Å². The first-order chi connectivity index (χ1) is 18.4. The predicted molar refractivity (Wildman–Crippen MR) is 74.3 cm³/mol. The standard InChI is InChI=1S/C14H3F27O3/c1-2(15,16)3(17,18)4(19,20)6(23,24)9(30,31)42-11(34,35)13(38,39)44-14(40,41)12(36,37)43-10(32,33)7(25,26)5(21,22)8(27,28)29/h1H3. The summed E-state index contributed by atoms with van der Waals surface area (Å²) in [5, 5.41) is 0. The molecule has 0 atom stereocenters. The molecule has 0 unspecified atom stereocenters. The molecule has 0 aromatic heterocycles. The average Bonchev–Trinajstić information content (AvgIpc) is 2.68. The molecule has 0 saturated heterocycles. The van der Waals surface area contributed by atoms with Crippen LogP contribution in [0.25, 0.3) is 0 Å². The maximum atomic E-state index is 13.3. The van der Waals surface area contributed by atoms with Crippen LogP contribution in [0.5, 0.6) is 0 Å². The Kier molecular flexibility index (Phi) is 10.0. The molecule has 266 valence electrons. The summed E-state index contributed by atoms with van der Waals surface area (Å²) in [6.45, 7) is -1.40. The second kappa shape index (κ2) is 10.5. The van der Waals surface area contributed by atoms with Gasteiger partial charge in [-0.3, -0.25) is 0 Å². The van der Waals surface area contributed by atoms with Crippen molar-refractivity contribution in [2.24, 2.45) is 0 Å². The Labute approximate surface area is 219 Å². The highest BCUT2D eigenvalue weighted by molar-refractivity contribution is 5.05. The van der Waals surface area contributed by atoms with Crippen LogP contribution in [0, 0.1) is 0 Å². The molecule has 0 saturated carbocycles. The number of halogens is 27. The average molecular weight is 732 g/mol. The van der Waals surface area contributed by atoms with Crippen LogP contribution < -0.4 is 0 Å². The van der Waals surface area contributed by atoms with E-state index >= 15 is 0 Å². The van der Waals surface area contributed by atoms with E-state index in [9.17, 15) is 119 Å². The summed E-state index contributed by atoms with van der Waals surface area (Å²) in [4.78, 5) is 0. The van der Waals surface area contributed by atoms with Crippen LogP contribution in [-0.4, -0.2) is 78.4 Å². The Hall–Kier alpha value is -2.01. The van der Waals surface area contributed by atoms with Gasteiger partial charge in [-0.1, -0.05) is 0 Å². The third kappa shape index (κ3) is 6.46. The fourth-order valence-electron chi connectivity index (χ4n) is 1.87. The summed E-state index contributed by atoms with van der Waals surface area (Å²) >= 11 is 0. The van der Waals surface area contributed by atoms with Crippen molar-refractivity contribution in [1.82, 2.24) is 0 Å². The van der Waals surface area contributed by atoms with Gasteiger partial charge in [0.1, 0.15) is 0 Å². The van der Waals surface area contributed by atoms with Gasteiger partial charge in [0.15, 0.2) is 0 Å². The fraction of sp³-hybridized carbons (Fsp3) is 1.00. The molecule has 0 aromatic rings. The van der Waals surface area contributed by atoms with E-state index < -0.39 is 85.3 Å². The van der Waals surface area contributed by atoms with Crippen LogP contribution >= 0.6 is 0 Å². The summed E-state index contributed by atoms with van der Waals surface area (Å²) in [6, 6.07) is 0. The lowest BCUT2D eigenvalue weighted by Gasteiger charge is -2.40. The molecule has 0 aliphatic rings. The number of rotatable bonds is 14. The zero-order chi connectivity index (χ0) is 36.6. The summed E-state index contributed by atoms with van der Waals surface area (Å²) in [5.41, 5.74) is 0. The minimum absolute atomic E-state index is 0.952. The second-order valence-corrected chi connectivity index (χ2v) is 7.66. The maximum absolute atomic E-state index is 13.3. The summed E-state index contributed by atoms with van der Waals surface area (Å²) in [7, 11) is 0. The van der Waals surface area contributed by atoms with Crippen LogP contribution in [-0.2, 0) is 14.2 Å². The van der Waals surface area contributed by atoms with E-state index in [1.54, 1.807) is 0 Å². The second-order valence-electron chi connectivity index (χ2n) is 7.66. The van der Waals surface area contributed by atoms with E-state index in [-0.39, 0.29) is 0 Å². The molecule has 3 nitrogen and oxygen atoms in total. The van der Waals surface area contributed by atoms with Gasteiger partial charge in [-0.25, -0.2) is 14.2 Å². The molecular formula is C14H3F27O3. The molecule has 0 rings (SSSR count). The maximum Gasteiger partial charge on any atom is 0.460 e. The van der Waals surface area contributed by atoms with Gasteiger partial charge in [-0.15, -0.1) is 0 Å². The SMILES string of the molecule is CC(F)(F)C(F)(F)C(F)(F)C(F)(F)C(F)(F)OC(F)(F)C(F)(F)OC(F)(F)C(F)(F)OC(F)(F)C(F)(F)C(F)(F)C(F)(F)F. The molecule has 0 spiro atoms. The van der Waals surface area contributed by atoms with Gasteiger partial charge in [-0.05, 0) is 0 Å². The monoisotopic (exact) mass is 732 g/mol. The quantitative estimate of drug-likeness (QED) is 0.167. The topological polar surface area (TPSA) is 27.7 Å². The lowest BCUT2D eigenvalue weighted by molar-refractivity contribution is -0.577. The largest absolute Gasteiger partial charge is 0.460 e. The molecule has 30 heteroatoms. The Bertz CT molecular complexity index is 1020. The van der Waals surface area contributed by atoms with Crippen LogP contribution in [0.15, 0.2) is 0 Å². The molecule has 0 amide bonds. The van der Waals surface area contributed by atoms with E-state index in [0.29, 0.717) is 0 Å². The van der Waals surface area contributed by atoms with Gasteiger partial charge in [0.2, 0.25) is 0 Å². The molecule has 0 N–H and O–H groups in total. The molecule has 0 aromatic carbocycles. The van der Waals surface area contributed by atoms with Crippen LogP contribution in [0.4, 0.5) is 119 Å². The molecule has 0 radical (unpaired) electrons. The van der Waals surface area contributed by atoms with Crippen LogP contribution in [0.2, 0.25) is 0 Å². The van der Waals surface area contributed by atoms with Gasteiger partial charge >= 0.3 is 78.4 Å². The zero-order valence-electron chi connectivity index (χ0n) is 18.9. The van der Waals surface area contributed by atoms with E-state index in [0.717, 1.165) is 14.2 Å². The van der Waals surface area contributed by atoms with Gasteiger partial charge in [0.25, 0.3) is 0 Å². The van der Waals surface area contributed by atoms with E-state index in [1.807, 2.05) is 0 Å². The van der Waals surface area contributed by atoms with Crippen molar-refractivity contribution < 1.29 is 133 Å². The van der Waals surface area contributed by atoms with Gasteiger partial charge in [0, 0.05) is 6.92 Å². The normalized spacial score (nSPS) is 16.9. The molecule has 0 bridgehead atoms. The fourth-order valence-corrected chi connectivity index (χ4v) is 1.87. The van der Waals surface area contributed by atoms with Crippen molar-refractivity contribution >= 4 is 0 Å². The number of alkyl halides is 27. The number of hydrogen-bond donors (Lipinski definition) is 0. The highest BCUT2D eigenvalue weighted by Crippen LogP contribution is 2.60. The van der Waals surface area contributed by atoms with Crippen molar-refractivity contribution in [3.05, 3.63) is 0 Å². The Morgan fingerprint density at radius 3 is 0.659 bits per heavy atom. The molecule has 0 fully saturated rings. The molecule has 0 aliphatic heterocycles. The first-order valence-electron chi connectivity index (χ1n) is 9.08. The first kappa shape index (κ1) is 42.0. The molecular weight excluding hydrogens is 729 g/mol. The lowest BCUT2D eigenvalue weighted by Crippen LogP contribution is -2.69. The lowest BCUT2D eigenvalue weighted by atomic mass is 9.99. The highest BCUT2D eigenvalue weighted by Gasteiger charge is 2.89. The third-order valence-corrected chi connectivity index (χ3v) is 4.27. The van der Waals surface area contributed by atoms with E-state index in [2.05, 4.69) is 0 Å².